The van der Waals surface area contributed by atoms with Gasteiger partial charge in [-0.15, -0.1) is 0 Å². The van der Waals surface area contributed by atoms with Gasteiger partial charge < -0.3 is 4.74 Å². The molecule has 0 aromatic heterocycles. The van der Waals surface area contributed by atoms with Crippen molar-refractivity contribution in [2.75, 3.05) is 11.9 Å². The lowest BCUT2D eigenvalue weighted by molar-refractivity contribution is 0.112. The van der Waals surface area contributed by atoms with E-state index in [0.29, 0.717) is 12.2 Å². The van der Waals surface area contributed by atoms with Crippen LogP contribution in [0.5, 0.6) is 5.75 Å². The van der Waals surface area contributed by atoms with Gasteiger partial charge >= 0.3 is 0 Å². The fourth-order valence-electron chi connectivity index (χ4n) is 0.852. The van der Waals surface area contributed by atoms with Crippen LogP contribution in [0.2, 0.25) is 0 Å². The van der Waals surface area contributed by atoms with Crippen LogP contribution in [0.25, 0.3) is 0 Å². The minimum atomic E-state index is 0.609. The summed E-state index contributed by atoms with van der Waals surface area (Å²) in [5.74, 6) is 0.768. The molecule has 1 rings (SSSR count). The third-order valence-corrected chi connectivity index (χ3v) is 2.64. The largest absolute Gasteiger partial charge is 0.492 e. The van der Waals surface area contributed by atoms with E-state index in [9.17, 15) is 4.79 Å². The van der Waals surface area contributed by atoms with Crippen molar-refractivity contribution >= 4 is 44.8 Å². The van der Waals surface area contributed by atoms with Crippen LogP contribution in [0.1, 0.15) is 10.4 Å². The van der Waals surface area contributed by atoms with Crippen LogP contribution >= 0.6 is 38.5 Å². The summed E-state index contributed by atoms with van der Waals surface area (Å²) in [6, 6.07) is 5.39. The summed E-state index contributed by atoms with van der Waals surface area (Å²) in [5, 5.41) is 0.786. The van der Waals surface area contributed by atoms with Crippen LogP contribution in [-0.2, 0) is 0 Å². The van der Waals surface area contributed by atoms with Crippen molar-refractivity contribution in [3.63, 3.8) is 0 Å². The number of rotatable bonds is 4. The average Bonchev–Trinajstić information content (AvgIpc) is 2.17. The maximum atomic E-state index is 10.5. The Hall–Kier alpha value is -0.100. The minimum Gasteiger partial charge on any atom is -0.492 e. The molecule has 0 N–H and O–H groups in total. The first-order valence-corrected chi connectivity index (χ1v) is 5.91. The highest BCUT2D eigenvalue weighted by Gasteiger charge is 2.01. The molecule has 0 radical (unpaired) electrons. The van der Waals surface area contributed by atoms with Crippen molar-refractivity contribution in [2.45, 2.75) is 0 Å². The third kappa shape index (κ3) is 3.27. The van der Waals surface area contributed by atoms with Crippen LogP contribution in [0.4, 0.5) is 0 Å². The Kier molecular flexibility index (Phi) is 4.72. The van der Waals surface area contributed by atoms with Crippen molar-refractivity contribution in [3.8, 4) is 5.75 Å². The van der Waals surface area contributed by atoms with E-state index >= 15 is 0 Å². The minimum absolute atomic E-state index is 0.609. The molecular weight excluding hydrogens is 347 g/mol. The maximum Gasteiger partial charge on any atom is 0.150 e. The van der Waals surface area contributed by atoms with Gasteiger partial charge in [0.2, 0.25) is 0 Å². The van der Waals surface area contributed by atoms with E-state index in [1.54, 1.807) is 12.1 Å². The Bertz CT molecular complexity index is 302. The second-order valence-corrected chi connectivity index (χ2v) is 4.30. The summed E-state index contributed by atoms with van der Waals surface area (Å²) >= 11 is 5.45. The molecular formula is C9H8BrIO2. The van der Waals surface area contributed by atoms with Crippen molar-refractivity contribution in [1.29, 1.82) is 0 Å². The number of alkyl halides is 1. The fourth-order valence-corrected chi connectivity index (χ4v) is 1.51. The van der Waals surface area contributed by atoms with Gasteiger partial charge in [0.05, 0.1) is 10.2 Å². The summed E-state index contributed by atoms with van der Waals surface area (Å²) in [6.45, 7) is 0.609. The van der Waals surface area contributed by atoms with Crippen molar-refractivity contribution in [3.05, 3.63) is 27.3 Å². The smallest absolute Gasteiger partial charge is 0.150 e. The monoisotopic (exact) mass is 354 g/mol. The van der Waals surface area contributed by atoms with Gasteiger partial charge in [-0.3, -0.25) is 4.79 Å². The molecule has 13 heavy (non-hydrogen) atoms. The standard InChI is InChI=1S/C9H8BrIO2/c10-3-4-13-9-5-7(6-12)1-2-8(9)11/h1-2,5-6H,3-4H2. The Morgan fingerprint density at radius 2 is 2.31 bits per heavy atom. The number of ether oxygens (including phenoxy) is 1. The molecule has 0 aliphatic heterocycles. The number of aldehydes is 1. The van der Waals surface area contributed by atoms with E-state index in [0.717, 1.165) is 20.9 Å². The number of halogens is 2. The molecule has 4 heteroatoms. The molecule has 2 nitrogen and oxygen atoms in total. The van der Waals surface area contributed by atoms with Crippen LogP contribution in [0, 0.1) is 3.57 Å². The molecule has 0 heterocycles. The van der Waals surface area contributed by atoms with E-state index in [2.05, 4.69) is 38.5 Å². The Morgan fingerprint density at radius 1 is 1.54 bits per heavy atom. The summed E-state index contributed by atoms with van der Waals surface area (Å²) in [4.78, 5) is 10.5. The van der Waals surface area contributed by atoms with Gasteiger partial charge in [-0.1, -0.05) is 22.0 Å². The maximum absolute atomic E-state index is 10.5. The Morgan fingerprint density at radius 3 is 2.92 bits per heavy atom. The Balaban J connectivity index is 2.83. The van der Waals surface area contributed by atoms with Gasteiger partial charge in [-0.25, -0.2) is 0 Å². The molecule has 0 spiro atoms. The molecule has 0 amide bonds. The van der Waals surface area contributed by atoms with E-state index in [4.69, 9.17) is 4.74 Å². The number of carbonyl (C=O) groups excluding carboxylic acids is 1. The lowest BCUT2D eigenvalue weighted by Gasteiger charge is -2.06. The quantitative estimate of drug-likeness (QED) is 0.472. The van der Waals surface area contributed by atoms with Gasteiger partial charge in [0.25, 0.3) is 0 Å². The highest BCUT2D eigenvalue weighted by atomic mass is 127. The zero-order valence-electron chi connectivity index (χ0n) is 6.80. The van der Waals surface area contributed by atoms with Gasteiger partial charge in [0, 0.05) is 10.9 Å². The van der Waals surface area contributed by atoms with Gasteiger partial charge in [0.15, 0.2) is 0 Å². The van der Waals surface area contributed by atoms with Crippen molar-refractivity contribution in [2.24, 2.45) is 0 Å². The summed E-state index contributed by atoms with van der Waals surface area (Å²) in [7, 11) is 0. The van der Waals surface area contributed by atoms with E-state index in [1.165, 1.54) is 0 Å². The molecule has 0 fully saturated rings. The second kappa shape index (κ2) is 5.59. The zero-order valence-corrected chi connectivity index (χ0v) is 10.5. The van der Waals surface area contributed by atoms with E-state index in [1.807, 2.05) is 6.07 Å². The summed E-state index contributed by atoms with van der Waals surface area (Å²) < 4.78 is 6.43. The molecule has 0 saturated carbocycles. The SMILES string of the molecule is O=Cc1ccc(I)c(OCCBr)c1. The number of hydrogen-bond donors (Lipinski definition) is 0. The molecule has 0 aliphatic rings. The molecule has 0 atom stereocenters. The summed E-state index contributed by atoms with van der Waals surface area (Å²) in [6.07, 6.45) is 0.817. The van der Waals surface area contributed by atoms with Crippen molar-refractivity contribution < 1.29 is 9.53 Å². The lowest BCUT2D eigenvalue weighted by Crippen LogP contribution is -1.99. The molecule has 1 aromatic rings. The molecule has 1 aromatic carbocycles. The summed E-state index contributed by atoms with van der Waals surface area (Å²) in [5.41, 5.74) is 0.644. The van der Waals surface area contributed by atoms with Gasteiger partial charge in [-0.05, 0) is 34.7 Å². The van der Waals surface area contributed by atoms with Crippen molar-refractivity contribution in [1.82, 2.24) is 0 Å². The first-order valence-electron chi connectivity index (χ1n) is 3.71. The van der Waals surface area contributed by atoms with Crippen LogP contribution in [0.3, 0.4) is 0 Å². The molecule has 0 saturated heterocycles. The molecule has 0 aliphatic carbocycles. The van der Waals surface area contributed by atoms with Crippen LogP contribution in [0.15, 0.2) is 18.2 Å². The molecule has 0 bridgehead atoms. The van der Waals surface area contributed by atoms with Gasteiger partial charge in [0.1, 0.15) is 12.0 Å². The lowest BCUT2D eigenvalue weighted by atomic mass is 10.2. The second-order valence-electron chi connectivity index (χ2n) is 2.35. The number of benzene rings is 1. The predicted molar refractivity (Wildman–Crippen MR) is 63.8 cm³/mol. The van der Waals surface area contributed by atoms with E-state index < -0.39 is 0 Å². The molecule has 0 unspecified atom stereocenters. The van der Waals surface area contributed by atoms with Gasteiger partial charge in [-0.2, -0.15) is 0 Å². The topological polar surface area (TPSA) is 26.3 Å². The van der Waals surface area contributed by atoms with E-state index in [-0.39, 0.29) is 0 Å². The van der Waals surface area contributed by atoms with Crippen LogP contribution < -0.4 is 4.74 Å². The highest BCUT2D eigenvalue weighted by Crippen LogP contribution is 2.21. The average molecular weight is 355 g/mol. The predicted octanol–water partition coefficient (Wildman–Crippen LogP) is 2.88. The highest BCUT2D eigenvalue weighted by molar-refractivity contribution is 14.1. The number of hydrogen-bond acceptors (Lipinski definition) is 2. The first-order chi connectivity index (χ1) is 6.27. The third-order valence-electron chi connectivity index (χ3n) is 1.43. The van der Waals surface area contributed by atoms with Crippen LogP contribution in [-0.4, -0.2) is 18.2 Å². The normalized spacial score (nSPS) is 9.69. The number of carbonyl (C=O) groups is 1. The zero-order chi connectivity index (χ0) is 9.68. The molecule has 70 valence electrons. The fraction of sp³-hybridized carbons (Fsp3) is 0.222. The first kappa shape index (κ1) is 11.0. The Labute approximate surface area is 98.9 Å².